The van der Waals surface area contributed by atoms with E-state index in [9.17, 15) is 13.2 Å². The van der Waals surface area contributed by atoms with E-state index >= 15 is 0 Å². The fourth-order valence-electron chi connectivity index (χ4n) is 2.65. The number of hydrogen-bond donors (Lipinski definition) is 0. The maximum absolute atomic E-state index is 13.2. The third-order valence-corrected chi connectivity index (χ3v) is 4.57. The summed E-state index contributed by atoms with van der Waals surface area (Å²) in [6, 6.07) is 8.62. The second kappa shape index (κ2) is 7.40. The van der Waals surface area contributed by atoms with Crippen LogP contribution in [0, 0.1) is 0 Å². The molecule has 0 bridgehead atoms. The number of alkyl halides is 3. The molecule has 0 radical (unpaired) electrons. The summed E-state index contributed by atoms with van der Waals surface area (Å²) in [6.07, 6.45) is -4.78. The van der Waals surface area contributed by atoms with Crippen molar-refractivity contribution in [3.05, 3.63) is 46.1 Å². The fraction of sp³-hybridized carbons (Fsp3) is 0.412. The van der Waals surface area contributed by atoms with Gasteiger partial charge >= 0.3 is 6.18 Å². The largest absolute Gasteiger partial charge is 0.433 e. The molecule has 0 aliphatic carbocycles. The smallest absolute Gasteiger partial charge is 0.370 e. The predicted molar refractivity (Wildman–Crippen MR) is 96.4 cm³/mol. The molecule has 0 amide bonds. The number of hydrogen-bond acceptors (Lipinski definition) is 5. The van der Waals surface area contributed by atoms with Crippen LogP contribution in [-0.2, 0) is 10.9 Å². The lowest BCUT2D eigenvalue weighted by atomic mass is 10.1. The number of anilines is 2. The van der Waals surface area contributed by atoms with Crippen molar-refractivity contribution >= 4 is 27.7 Å². The van der Waals surface area contributed by atoms with Crippen molar-refractivity contribution < 1.29 is 17.9 Å². The number of aromatic nitrogens is 2. The summed E-state index contributed by atoms with van der Waals surface area (Å²) in [5.41, 5.74) is 0.00981. The van der Waals surface area contributed by atoms with Gasteiger partial charge in [-0.3, -0.25) is 0 Å². The van der Waals surface area contributed by atoms with Crippen LogP contribution in [0.1, 0.15) is 17.4 Å². The van der Waals surface area contributed by atoms with E-state index < -0.39 is 11.9 Å². The van der Waals surface area contributed by atoms with E-state index in [2.05, 4.69) is 25.9 Å². The van der Waals surface area contributed by atoms with Crippen LogP contribution < -0.4 is 9.80 Å². The minimum atomic E-state index is -4.53. The van der Waals surface area contributed by atoms with Crippen LogP contribution in [0.3, 0.4) is 0 Å². The van der Waals surface area contributed by atoms with E-state index in [1.807, 2.05) is 24.3 Å². The highest BCUT2D eigenvalue weighted by Crippen LogP contribution is 2.32. The van der Waals surface area contributed by atoms with Gasteiger partial charge in [-0.15, -0.1) is 0 Å². The standard InChI is InChI=1S/C17H18BrF3N4O/c1-24(2)15-9-14(17(19,20)21)22-16(23-15)25-7-8-26-13(10-25)11-3-5-12(18)6-4-11/h3-6,9,13H,7-8,10H2,1-2H3. The highest BCUT2D eigenvalue weighted by molar-refractivity contribution is 9.10. The van der Waals surface area contributed by atoms with E-state index in [4.69, 9.17) is 4.74 Å². The third-order valence-electron chi connectivity index (χ3n) is 4.04. The van der Waals surface area contributed by atoms with Crippen LogP contribution in [0.15, 0.2) is 34.8 Å². The van der Waals surface area contributed by atoms with Gasteiger partial charge in [0.1, 0.15) is 11.9 Å². The number of rotatable bonds is 3. The minimum absolute atomic E-state index is 0.0638. The Morgan fingerprint density at radius 1 is 1.19 bits per heavy atom. The van der Waals surface area contributed by atoms with Gasteiger partial charge < -0.3 is 14.5 Å². The number of halogens is 4. The molecule has 1 aliphatic rings. The van der Waals surface area contributed by atoms with Crippen LogP contribution in [-0.4, -0.2) is 43.8 Å². The fourth-order valence-corrected chi connectivity index (χ4v) is 2.91. The maximum atomic E-state index is 13.2. The van der Waals surface area contributed by atoms with Crippen molar-refractivity contribution in [2.75, 3.05) is 43.6 Å². The average molecular weight is 431 g/mol. The Hall–Kier alpha value is -1.87. The molecule has 2 aromatic rings. The molecule has 1 unspecified atom stereocenters. The molecule has 1 aliphatic heterocycles. The lowest BCUT2D eigenvalue weighted by Crippen LogP contribution is -2.39. The first-order chi connectivity index (χ1) is 12.2. The lowest BCUT2D eigenvalue weighted by Gasteiger charge is -2.33. The van der Waals surface area contributed by atoms with Gasteiger partial charge in [0.2, 0.25) is 5.95 Å². The SMILES string of the molecule is CN(C)c1cc(C(F)(F)F)nc(N2CCOC(c3ccc(Br)cc3)C2)n1. The Morgan fingerprint density at radius 2 is 1.88 bits per heavy atom. The molecule has 9 heteroatoms. The summed E-state index contributed by atoms with van der Waals surface area (Å²) in [7, 11) is 3.30. The zero-order valence-electron chi connectivity index (χ0n) is 14.3. The van der Waals surface area contributed by atoms with Gasteiger partial charge in [0, 0.05) is 31.2 Å². The molecule has 1 aromatic heterocycles. The summed E-state index contributed by atoms with van der Waals surface area (Å²) in [6.45, 7) is 1.20. The molecule has 0 saturated carbocycles. The first kappa shape index (κ1) is 18.9. The molecule has 1 atom stereocenters. The van der Waals surface area contributed by atoms with Crippen molar-refractivity contribution in [1.29, 1.82) is 0 Å². The van der Waals surface area contributed by atoms with E-state index in [-0.39, 0.29) is 17.9 Å². The Balaban J connectivity index is 1.90. The molecule has 1 aromatic carbocycles. The second-order valence-electron chi connectivity index (χ2n) is 6.16. The lowest BCUT2D eigenvalue weighted by molar-refractivity contribution is -0.141. The van der Waals surface area contributed by atoms with Crippen molar-refractivity contribution in [2.45, 2.75) is 12.3 Å². The van der Waals surface area contributed by atoms with E-state index in [0.29, 0.717) is 19.7 Å². The van der Waals surface area contributed by atoms with Gasteiger partial charge in [-0.1, -0.05) is 28.1 Å². The molecule has 140 valence electrons. The van der Waals surface area contributed by atoms with Gasteiger partial charge in [-0.2, -0.15) is 18.2 Å². The van der Waals surface area contributed by atoms with E-state index in [0.717, 1.165) is 16.1 Å². The van der Waals surface area contributed by atoms with Crippen LogP contribution in [0.2, 0.25) is 0 Å². The topological polar surface area (TPSA) is 41.5 Å². The van der Waals surface area contributed by atoms with Crippen LogP contribution in [0.25, 0.3) is 0 Å². The first-order valence-corrected chi connectivity index (χ1v) is 8.79. The molecule has 0 N–H and O–H groups in total. The Morgan fingerprint density at radius 3 is 2.50 bits per heavy atom. The number of benzene rings is 1. The van der Waals surface area contributed by atoms with Crippen molar-refractivity contribution in [3.8, 4) is 0 Å². The second-order valence-corrected chi connectivity index (χ2v) is 7.08. The predicted octanol–water partition coefficient (Wildman–Crippen LogP) is 3.90. The van der Waals surface area contributed by atoms with E-state index in [1.54, 1.807) is 19.0 Å². The molecule has 1 fully saturated rings. The maximum Gasteiger partial charge on any atom is 0.433 e. The summed E-state index contributed by atoms with van der Waals surface area (Å²) >= 11 is 3.38. The average Bonchev–Trinajstić information content (AvgIpc) is 2.61. The molecule has 0 spiro atoms. The third kappa shape index (κ3) is 4.27. The quantitative estimate of drug-likeness (QED) is 0.738. The van der Waals surface area contributed by atoms with Crippen molar-refractivity contribution in [1.82, 2.24) is 9.97 Å². The zero-order chi connectivity index (χ0) is 18.9. The highest BCUT2D eigenvalue weighted by atomic mass is 79.9. The molecule has 3 rings (SSSR count). The Labute approximate surface area is 157 Å². The highest BCUT2D eigenvalue weighted by Gasteiger charge is 2.35. The van der Waals surface area contributed by atoms with Gasteiger partial charge in [-0.25, -0.2) is 4.98 Å². The van der Waals surface area contributed by atoms with Crippen molar-refractivity contribution in [3.63, 3.8) is 0 Å². The van der Waals surface area contributed by atoms with Crippen LogP contribution >= 0.6 is 15.9 Å². The zero-order valence-corrected chi connectivity index (χ0v) is 15.9. The first-order valence-electron chi connectivity index (χ1n) is 7.99. The van der Waals surface area contributed by atoms with Gasteiger partial charge in [-0.05, 0) is 17.7 Å². The summed E-state index contributed by atoms with van der Waals surface area (Å²) in [5, 5.41) is 0. The molecule has 2 heterocycles. The minimum Gasteiger partial charge on any atom is -0.370 e. The molecule has 5 nitrogen and oxygen atoms in total. The van der Waals surface area contributed by atoms with E-state index in [1.165, 1.54) is 4.90 Å². The van der Waals surface area contributed by atoms with Gasteiger partial charge in [0.05, 0.1) is 13.2 Å². The van der Waals surface area contributed by atoms with Gasteiger partial charge in [0.15, 0.2) is 5.69 Å². The molecule has 1 saturated heterocycles. The Bertz CT molecular complexity index is 768. The normalized spacial score (nSPS) is 18.1. The monoisotopic (exact) mass is 430 g/mol. The van der Waals surface area contributed by atoms with Gasteiger partial charge in [0.25, 0.3) is 0 Å². The number of nitrogens with zero attached hydrogens (tertiary/aromatic N) is 4. The molecular weight excluding hydrogens is 413 g/mol. The Kier molecular flexibility index (Phi) is 5.38. The summed E-state index contributed by atoms with van der Waals surface area (Å²) in [5.74, 6) is 0.281. The summed E-state index contributed by atoms with van der Waals surface area (Å²) < 4.78 is 46.3. The molecular formula is C17H18BrF3N4O. The summed E-state index contributed by atoms with van der Waals surface area (Å²) in [4.78, 5) is 11.3. The molecule has 26 heavy (non-hydrogen) atoms. The van der Waals surface area contributed by atoms with Crippen LogP contribution in [0.5, 0.6) is 0 Å². The van der Waals surface area contributed by atoms with Crippen molar-refractivity contribution in [2.24, 2.45) is 0 Å². The number of morpholine rings is 1. The number of ether oxygens (including phenoxy) is 1. The van der Waals surface area contributed by atoms with Crippen LogP contribution in [0.4, 0.5) is 24.9 Å².